The van der Waals surface area contributed by atoms with Crippen LogP contribution in [-0.2, 0) is 0 Å². The highest BCUT2D eigenvalue weighted by Crippen LogP contribution is 2.28. The molecule has 3 aromatic carbocycles. The van der Waals surface area contributed by atoms with Crippen LogP contribution in [0.1, 0.15) is 16.7 Å². The third-order valence-corrected chi connectivity index (χ3v) is 4.89. The molecule has 0 aliphatic carbocycles. The Morgan fingerprint density at radius 3 is 2.28 bits per heavy atom. The molecule has 0 radical (unpaired) electrons. The van der Waals surface area contributed by atoms with Gasteiger partial charge in [-0.3, -0.25) is 9.79 Å². The lowest BCUT2D eigenvalue weighted by molar-refractivity contribution is 0.436. The summed E-state index contributed by atoms with van der Waals surface area (Å²) >= 11 is 0. The van der Waals surface area contributed by atoms with Gasteiger partial charge in [-0.2, -0.15) is 0 Å². The van der Waals surface area contributed by atoms with E-state index < -0.39 is 0 Å². The van der Waals surface area contributed by atoms with Crippen LogP contribution in [0.4, 0.5) is 5.69 Å². The molecule has 0 amide bonds. The van der Waals surface area contributed by atoms with Crippen LogP contribution in [0.3, 0.4) is 0 Å². The molecular weight excluding hydrogens is 364 g/mol. The topological polar surface area (TPSA) is 74.8 Å². The molecule has 2 N–H and O–H groups in total. The summed E-state index contributed by atoms with van der Waals surface area (Å²) in [7, 11) is 0. The Morgan fingerprint density at radius 2 is 1.59 bits per heavy atom. The van der Waals surface area contributed by atoms with Gasteiger partial charge in [-0.1, -0.05) is 35.9 Å². The number of pyridine rings is 1. The fourth-order valence-electron chi connectivity index (χ4n) is 3.45. The second-order valence-corrected chi connectivity index (χ2v) is 6.99. The number of aromatic nitrogens is 1. The molecule has 1 aromatic heterocycles. The first kappa shape index (κ1) is 18.5. The normalized spacial score (nSPS) is 11.4. The minimum absolute atomic E-state index is 0.153. The average Bonchev–Trinajstić information content (AvgIpc) is 2.71. The molecule has 0 aliphatic rings. The van der Waals surface area contributed by atoms with Crippen molar-refractivity contribution in [3.8, 4) is 17.3 Å². The summed E-state index contributed by atoms with van der Waals surface area (Å²) in [5, 5.41) is 21.6. The molecule has 0 unspecified atom stereocenters. The first-order valence-corrected chi connectivity index (χ1v) is 9.23. The van der Waals surface area contributed by atoms with Crippen molar-refractivity contribution in [3.05, 3.63) is 93.8 Å². The van der Waals surface area contributed by atoms with Gasteiger partial charge >= 0.3 is 0 Å². The first-order chi connectivity index (χ1) is 14.0. The van der Waals surface area contributed by atoms with E-state index in [0.29, 0.717) is 27.7 Å². The van der Waals surface area contributed by atoms with Crippen molar-refractivity contribution in [1.82, 2.24) is 4.57 Å². The van der Waals surface area contributed by atoms with Gasteiger partial charge in [0.1, 0.15) is 5.75 Å². The molecule has 29 heavy (non-hydrogen) atoms. The van der Waals surface area contributed by atoms with Gasteiger partial charge in [0, 0.05) is 17.0 Å². The van der Waals surface area contributed by atoms with Crippen LogP contribution in [0.5, 0.6) is 11.6 Å². The zero-order valence-electron chi connectivity index (χ0n) is 16.1. The molecule has 0 fully saturated rings. The fraction of sp³-hybridized carbons (Fsp3) is 0.0833. The van der Waals surface area contributed by atoms with Crippen molar-refractivity contribution in [2.75, 3.05) is 0 Å². The summed E-state index contributed by atoms with van der Waals surface area (Å²) in [6.07, 6.45) is 1.55. The lowest BCUT2D eigenvalue weighted by Gasteiger charge is -2.16. The maximum absolute atomic E-state index is 13.2. The number of aryl methyl sites for hydroxylation is 2. The van der Waals surface area contributed by atoms with E-state index in [9.17, 15) is 15.0 Å². The lowest BCUT2D eigenvalue weighted by atomic mass is 10.1. The number of phenols is 1. The molecule has 4 aromatic rings. The van der Waals surface area contributed by atoms with E-state index >= 15 is 0 Å². The van der Waals surface area contributed by atoms with Crippen molar-refractivity contribution in [2.45, 2.75) is 13.8 Å². The van der Waals surface area contributed by atoms with Crippen LogP contribution < -0.4 is 5.56 Å². The van der Waals surface area contributed by atoms with Crippen molar-refractivity contribution in [2.24, 2.45) is 4.99 Å². The SMILES string of the molecule is Cc1ccc(-n2c(O)c(C=Nc3ccc(O)cc3)c3ccccc3c2=O)c(C)c1. The van der Waals surface area contributed by atoms with Gasteiger partial charge in [-0.15, -0.1) is 0 Å². The summed E-state index contributed by atoms with van der Waals surface area (Å²) in [6, 6.07) is 19.3. The highest BCUT2D eigenvalue weighted by Gasteiger charge is 2.17. The number of hydrogen-bond acceptors (Lipinski definition) is 4. The van der Waals surface area contributed by atoms with Gasteiger partial charge < -0.3 is 10.2 Å². The quantitative estimate of drug-likeness (QED) is 0.500. The number of fused-ring (bicyclic) bond motifs is 1. The number of aliphatic imine (C=N–C) groups is 1. The Kier molecular flexibility index (Phi) is 4.64. The highest BCUT2D eigenvalue weighted by molar-refractivity contribution is 6.02. The number of benzene rings is 3. The minimum atomic E-state index is -0.285. The van der Waals surface area contributed by atoms with E-state index in [-0.39, 0.29) is 17.2 Å². The van der Waals surface area contributed by atoms with Gasteiger partial charge in [0.05, 0.1) is 16.9 Å². The zero-order valence-corrected chi connectivity index (χ0v) is 16.1. The van der Waals surface area contributed by atoms with Crippen LogP contribution >= 0.6 is 0 Å². The van der Waals surface area contributed by atoms with Crippen molar-refractivity contribution < 1.29 is 10.2 Å². The predicted molar refractivity (Wildman–Crippen MR) is 116 cm³/mol. The summed E-state index contributed by atoms with van der Waals surface area (Å²) in [4.78, 5) is 17.6. The molecule has 144 valence electrons. The predicted octanol–water partition coefficient (Wildman–Crippen LogP) is 4.77. The molecule has 5 nitrogen and oxygen atoms in total. The van der Waals surface area contributed by atoms with Crippen molar-refractivity contribution >= 4 is 22.7 Å². The van der Waals surface area contributed by atoms with Gasteiger partial charge in [-0.05, 0) is 55.8 Å². The zero-order chi connectivity index (χ0) is 20.5. The molecule has 0 spiro atoms. The Balaban J connectivity index is 1.99. The molecule has 0 saturated heterocycles. The molecule has 0 bridgehead atoms. The Bertz CT molecular complexity index is 1300. The highest BCUT2D eigenvalue weighted by atomic mass is 16.3. The van der Waals surface area contributed by atoms with Gasteiger partial charge in [0.2, 0.25) is 5.88 Å². The lowest BCUT2D eigenvalue weighted by Crippen LogP contribution is -2.21. The molecule has 0 saturated carbocycles. The Labute approximate surface area is 167 Å². The van der Waals surface area contributed by atoms with Gasteiger partial charge in [0.25, 0.3) is 5.56 Å². The number of aromatic hydroxyl groups is 2. The smallest absolute Gasteiger partial charge is 0.265 e. The van der Waals surface area contributed by atoms with Crippen LogP contribution in [0, 0.1) is 13.8 Å². The van der Waals surface area contributed by atoms with E-state index in [1.54, 1.807) is 48.7 Å². The number of hydrogen-bond donors (Lipinski definition) is 2. The van der Waals surface area contributed by atoms with Gasteiger partial charge in [-0.25, -0.2) is 4.57 Å². The van der Waals surface area contributed by atoms with Crippen LogP contribution in [0.25, 0.3) is 16.5 Å². The summed E-state index contributed by atoms with van der Waals surface area (Å²) in [5.41, 5.74) is 3.38. The van der Waals surface area contributed by atoms with Crippen molar-refractivity contribution in [1.29, 1.82) is 0 Å². The monoisotopic (exact) mass is 384 g/mol. The third-order valence-electron chi connectivity index (χ3n) is 4.89. The summed E-state index contributed by atoms with van der Waals surface area (Å²) in [6.45, 7) is 3.89. The van der Waals surface area contributed by atoms with Crippen LogP contribution in [0.15, 0.2) is 76.5 Å². The molecule has 0 atom stereocenters. The fourth-order valence-corrected chi connectivity index (χ4v) is 3.45. The van der Waals surface area contributed by atoms with Crippen LogP contribution in [0.2, 0.25) is 0 Å². The molecule has 0 aliphatic heterocycles. The second-order valence-electron chi connectivity index (χ2n) is 6.99. The van der Waals surface area contributed by atoms with E-state index in [0.717, 1.165) is 11.1 Å². The van der Waals surface area contributed by atoms with E-state index in [2.05, 4.69) is 4.99 Å². The molecular formula is C24H20N2O3. The second kappa shape index (κ2) is 7.28. The van der Waals surface area contributed by atoms with E-state index in [1.807, 2.05) is 38.1 Å². The average molecular weight is 384 g/mol. The molecule has 5 heteroatoms. The number of nitrogens with zero attached hydrogens (tertiary/aromatic N) is 2. The molecule has 1 heterocycles. The molecule has 4 rings (SSSR count). The number of phenolic OH excluding ortho intramolecular Hbond substituents is 1. The largest absolute Gasteiger partial charge is 0.508 e. The van der Waals surface area contributed by atoms with Crippen LogP contribution in [-0.4, -0.2) is 21.0 Å². The first-order valence-electron chi connectivity index (χ1n) is 9.23. The summed E-state index contributed by atoms with van der Waals surface area (Å²) < 4.78 is 1.33. The Morgan fingerprint density at radius 1 is 0.897 bits per heavy atom. The maximum Gasteiger partial charge on any atom is 0.265 e. The minimum Gasteiger partial charge on any atom is -0.508 e. The van der Waals surface area contributed by atoms with E-state index in [1.165, 1.54) is 4.57 Å². The summed E-state index contributed by atoms with van der Waals surface area (Å²) in [5.74, 6) is -0.0103. The van der Waals surface area contributed by atoms with Crippen molar-refractivity contribution in [3.63, 3.8) is 0 Å². The standard InChI is InChI=1S/C24H20N2O3/c1-15-7-12-22(16(2)13-15)26-23(28)20-6-4-3-5-19(20)21(24(26)29)14-25-17-8-10-18(27)11-9-17/h3-14,27,29H,1-2H3. The number of rotatable bonds is 3. The van der Waals surface area contributed by atoms with Gasteiger partial charge in [0.15, 0.2) is 0 Å². The third kappa shape index (κ3) is 3.38. The maximum atomic E-state index is 13.2. The van der Waals surface area contributed by atoms with E-state index in [4.69, 9.17) is 0 Å². The Hall–Kier alpha value is -3.86.